The minimum absolute atomic E-state index is 0.0627. The summed E-state index contributed by atoms with van der Waals surface area (Å²) in [6.07, 6.45) is 8.28. The Labute approximate surface area is 157 Å². The first-order chi connectivity index (χ1) is 12.8. The third-order valence-electron chi connectivity index (χ3n) is 5.26. The maximum absolute atomic E-state index is 12.6. The van der Waals surface area contributed by atoms with Crippen molar-refractivity contribution in [2.45, 2.75) is 64.5 Å². The molecule has 3 nitrogen and oxygen atoms in total. The zero-order valence-electron chi connectivity index (χ0n) is 15.8. The molecule has 26 heavy (non-hydrogen) atoms. The van der Waals surface area contributed by atoms with Crippen molar-refractivity contribution in [1.82, 2.24) is 5.32 Å². The third-order valence-corrected chi connectivity index (χ3v) is 5.26. The Kier molecular flexibility index (Phi) is 6.70. The summed E-state index contributed by atoms with van der Waals surface area (Å²) in [5, 5.41) is 6.74. The summed E-state index contributed by atoms with van der Waals surface area (Å²) in [5.74, 6) is 0.0627. The van der Waals surface area contributed by atoms with Gasteiger partial charge < -0.3 is 10.6 Å². The molecular weight excluding hydrogens is 320 g/mol. The number of carbonyl (C=O) groups excluding carboxylic acids is 1. The summed E-state index contributed by atoms with van der Waals surface area (Å²) in [6, 6.07) is 16.7. The number of carbonyl (C=O) groups is 1. The van der Waals surface area contributed by atoms with Crippen LogP contribution in [0.4, 0.5) is 5.69 Å². The van der Waals surface area contributed by atoms with Gasteiger partial charge in [-0.1, -0.05) is 62.9 Å². The average molecular weight is 351 g/mol. The van der Waals surface area contributed by atoms with E-state index in [0.717, 1.165) is 36.9 Å². The first-order valence-corrected chi connectivity index (χ1v) is 9.98. The Balaban J connectivity index is 1.61. The van der Waals surface area contributed by atoms with Gasteiger partial charge in [0.25, 0.3) is 5.91 Å². The molecule has 1 aliphatic carbocycles. The number of para-hydroxylation sites is 1. The summed E-state index contributed by atoms with van der Waals surface area (Å²) in [6.45, 7) is 2.89. The Hall–Kier alpha value is -2.29. The molecule has 2 aromatic rings. The van der Waals surface area contributed by atoms with E-state index in [0.29, 0.717) is 6.04 Å². The van der Waals surface area contributed by atoms with Crippen LogP contribution in [0.15, 0.2) is 48.5 Å². The lowest BCUT2D eigenvalue weighted by atomic mass is 10.1. The number of nitrogens with one attached hydrogen (secondary N) is 2. The van der Waals surface area contributed by atoms with E-state index in [1.165, 1.54) is 36.9 Å². The van der Waals surface area contributed by atoms with Crippen molar-refractivity contribution in [2.75, 3.05) is 5.32 Å². The Bertz CT molecular complexity index is 718. The quantitative estimate of drug-likeness (QED) is 0.693. The minimum atomic E-state index is 0.0627. The van der Waals surface area contributed by atoms with E-state index in [1.54, 1.807) is 0 Å². The molecule has 0 bridgehead atoms. The van der Waals surface area contributed by atoms with Gasteiger partial charge in [0.2, 0.25) is 0 Å². The lowest BCUT2D eigenvalue weighted by molar-refractivity contribution is 0.0933. The molecular formula is C23H30N2O. The molecule has 0 radical (unpaired) electrons. The lowest BCUT2D eigenvalue weighted by Gasteiger charge is -2.16. The molecule has 0 spiro atoms. The second-order valence-electron chi connectivity index (χ2n) is 7.23. The maximum Gasteiger partial charge on any atom is 0.251 e. The highest BCUT2D eigenvalue weighted by Gasteiger charge is 2.15. The van der Waals surface area contributed by atoms with Gasteiger partial charge in [-0.15, -0.1) is 0 Å². The molecule has 2 N–H and O–H groups in total. The van der Waals surface area contributed by atoms with E-state index >= 15 is 0 Å². The highest BCUT2D eigenvalue weighted by molar-refractivity contribution is 5.94. The van der Waals surface area contributed by atoms with E-state index in [9.17, 15) is 4.79 Å². The first-order valence-electron chi connectivity index (χ1n) is 9.98. The van der Waals surface area contributed by atoms with Gasteiger partial charge in [-0.3, -0.25) is 4.79 Å². The van der Waals surface area contributed by atoms with Crippen molar-refractivity contribution in [3.8, 4) is 0 Å². The summed E-state index contributed by atoms with van der Waals surface area (Å²) < 4.78 is 0. The van der Waals surface area contributed by atoms with Gasteiger partial charge in [-0.25, -0.2) is 0 Å². The second-order valence-corrected chi connectivity index (χ2v) is 7.23. The van der Waals surface area contributed by atoms with Gasteiger partial charge in [0.05, 0.1) is 0 Å². The molecule has 0 atom stereocenters. The van der Waals surface area contributed by atoms with Gasteiger partial charge in [-0.2, -0.15) is 0 Å². The van der Waals surface area contributed by atoms with Gasteiger partial charge in [0.15, 0.2) is 0 Å². The summed E-state index contributed by atoms with van der Waals surface area (Å²) in [4.78, 5) is 12.6. The molecule has 0 heterocycles. The van der Waals surface area contributed by atoms with Crippen LogP contribution >= 0.6 is 0 Å². The Morgan fingerprint density at radius 3 is 2.54 bits per heavy atom. The molecule has 0 unspecified atom stereocenters. The molecule has 138 valence electrons. The maximum atomic E-state index is 12.6. The zero-order valence-corrected chi connectivity index (χ0v) is 15.8. The molecule has 3 heteroatoms. The number of hydrogen-bond acceptors (Lipinski definition) is 2. The zero-order chi connectivity index (χ0) is 18.2. The largest absolute Gasteiger partial charge is 0.381 e. The van der Waals surface area contributed by atoms with Gasteiger partial charge >= 0.3 is 0 Å². The van der Waals surface area contributed by atoms with Gasteiger partial charge in [0.1, 0.15) is 0 Å². The fourth-order valence-electron chi connectivity index (χ4n) is 3.71. The van der Waals surface area contributed by atoms with Crippen LogP contribution < -0.4 is 10.6 Å². The fourth-order valence-corrected chi connectivity index (χ4v) is 3.71. The van der Waals surface area contributed by atoms with Crippen molar-refractivity contribution >= 4 is 11.6 Å². The summed E-state index contributed by atoms with van der Waals surface area (Å²) in [7, 11) is 0. The van der Waals surface area contributed by atoms with Crippen LogP contribution in [-0.2, 0) is 13.0 Å². The molecule has 1 fully saturated rings. The number of aryl methyl sites for hydroxylation is 1. The van der Waals surface area contributed by atoms with Crippen LogP contribution in [-0.4, -0.2) is 11.9 Å². The minimum Gasteiger partial charge on any atom is -0.381 e. The van der Waals surface area contributed by atoms with Crippen LogP contribution in [0.2, 0.25) is 0 Å². The number of anilines is 1. The van der Waals surface area contributed by atoms with E-state index in [4.69, 9.17) is 0 Å². The summed E-state index contributed by atoms with van der Waals surface area (Å²) >= 11 is 0. The fraction of sp³-hybridized carbons (Fsp3) is 0.435. The van der Waals surface area contributed by atoms with E-state index in [1.807, 2.05) is 18.2 Å². The topological polar surface area (TPSA) is 41.1 Å². The molecule has 0 aliphatic heterocycles. The van der Waals surface area contributed by atoms with Crippen molar-refractivity contribution in [3.63, 3.8) is 0 Å². The average Bonchev–Trinajstić information content (AvgIpc) is 2.95. The Morgan fingerprint density at radius 1 is 1.00 bits per heavy atom. The highest BCUT2D eigenvalue weighted by Crippen LogP contribution is 2.19. The predicted octanol–water partition coefficient (Wildman–Crippen LogP) is 5.31. The standard InChI is InChI=1S/C23H30N2O/c1-2-19-11-7-8-15-22(19)24-17-18-10-9-12-20(16-18)23(26)25-21-13-5-3-4-6-14-21/h7-12,15-16,21,24H,2-6,13-14,17H2,1H3,(H,25,26). The number of amides is 1. The third kappa shape index (κ3) is 5.10. The van der Waals surface area contributed by atoms with E-state index < -0.39 is 0 Å². The monoisotopic (exact) mass is 350 g/mol. The predicted molar refractivity (Wildman–Crippen MR) is 109 cm³/mol. The van der Waals surface area contributed by atoms with Gasteiger partial charge in [-0.05, 0) is 48.6 Å². The first kappa shape index (κ1) is 18.5. The van der Waals surface area contributed by atoms with Crippen molar-refractivity contribution in [2.24, 2.45) is 0 Å². The van der Waals surface area contributed by atoms with Crippen molar-refractivity contribution in [1.29, 1.82) is 0 Å². The van der Waals surface area contributed by atoms with E-state index in [-0.39, 0.29) is 5.91 Å². The lowest BCUT2D eigenvalue weighted by Crippen LogP contribution is -2.34. The molecule has 1 aliphatic rings. The molecule has 2 aromatic carbocycles. The van der Waals surface area contributed by atoms with Crippen LogP contribution in [0.1, 0.15) is 66.9 Å². The van der Waals surface area contributed by atoms with Crippen LogP contribution in [0.3, 0.4) is 0 Å². The normalized spacial score (nSPS) is 15.3. The highest BCUT2D eigenvalue weighted by atomic mass is 16.1. The smallest absolute Gasteiger partial charge is 0.251 e. The van der Waals surface area contributed by atoms with Gasteiger partial charge in [0, 0.05) is 23.8 Å². The molecule has 1 saturated carbocycles. The van der Waals surface area contributed by atoms with Crippen LogP contribution in [0, 0.1) is 0 Å². The molecule has 0 aromatic heterocycles. The number of rotatable bonds is 6. The van der Waals surface area contributed by atoms with Crippen LogP contribution in [0.5, 0.6) is 0 Å². The molecule has 3 rings (SSSR count). The summed E-state index contributed by atoms with van der Waals surface area (Å²) in [5.41, 5.74) is 4.37. The molecule has 0 saturated heterocycles. The van der Waals surface area contributed by atoms with Crippen molar-refractivity contribution in [3.05, 3.63) is 65.2 Å². The number of benzene rings is 2. The SMILES string of the molecule is CCc1ccccc1NCc1cccc(C(=O)NC2CCCCCC2)c1. The van der Waals surface area contributed by atoms with Crippen molar-refractivity contribution < 1.29 is 4.79 Å². The molecule has 1 amide bonds. The van der Waals surface area contributed by atoms with Crippen LogP contribution in [0.25, 0.3) is 0 Å². The second kappa shape index (κ2) is 9.42. The van der Waals surface area contributed by atoms with E-state index in [2.05, 4.69) is 47.9 Å². The number of hydrogen-bond donors (Lipinski definition) is 2. The Morgan fingerprint density at radius 2 is 1.77 bits per heavy atom.